The first-order chi connectivity index (χ1) is 11.9. The molecule has 1 heteroatoms. The molecule has 3 aliphatic rings. The lowest BCUT2D eigenvalue weighted by atomic mass is 9.75. The van der Waals surface area contributed by atoms with Crippen molar-refractivity contribution < 1.29 is 0 Å². The van der Waals surface area contributed by atoms with Crippen LogP contribution in [0.4, 0.5) is 0 Å². The molecule has 4 rings (SSSR count). The fourth-order valence-corrected chi connectivity index (χ4v) is 5.37. The van der Waals surface area contributed by atoms with Crippen molar-refractivity contribution in [3.05, 3.63) is 41.5 Å². The third-order valence-electron chi connectivity index (χ3n) is 6.72. The SMILES string of the molecule is C(=C1\CCc2ccccc21)/C1CC(C2CCCCCCC2)CCN1. The van der Waals surface area contributed by atoms with Crippen LogP contribution in [0.15, 0.2) is 30.3 Å². The Labute approximate surface area is 147 Å². The van der Waals surface area contributed by atoms with Gasteiger partial charge in [0, 0.05) is 6.04 Å². The summed E-state index contributed by atoms with van der Waals surface area (Å²) in [6.07, 6.45) is 18.2. The number of hydrogen-bond donors (Lipinski definition) is 1. The third kappa shape index (κ3) is 3.77. The molecule has 2 unspecified atom stereocenters. The van der Waals surface area contributed by atoms with E-state index in [0.29, 0.717) is 6.04 Å². The van der Waals surface area contributed by atoms with Gasteiger partial charge < -0.3 is 5.32 Å². The number of fused-ring (bicyclic) bond motifs is 1. The molecular formula is C23H33N. The quantitative estimate of drug-likeness (QED) is 0.731. The highest BCUT2D eigenvalue weighted by Crippen LogP contribution is 2.36. The summed E-state index contributed by atoms with van der Waals surface area (Å²) in [6, 6.07) is 9.62. The fraction of sp³-hybridized carbons (Fsp3) is 0.652. The van der Waals surface area contributed by atoms with Crippen LogP contribution < -0.4 is 5.32 Å². The highest BCUT2D eigenvalue weighted by Gasteiger charge is 2.28. The van der Waals surface area contributed by atoms with E-state index >= 15 is 0 Å². The maximum absolute atomic E-state index is 3.80. The minimum atomic E-state index is 0.607. The van der Waals surface area contributed by atoms with E-state index in [0.717, 1.165) is 11.8 Å². The van der Waals surface area contributed by atoms with Crippen LogP contribution in [-0.2, 0) is 6.42 Å². The minimum Gasteiger partial charge on any atom is -0.310 e. The van der Waals surface area contributed by atoms with Gasteiger partial charge in [-0.2, -0.15) is 0 Å². The Bertz CT molecular complexity index is 565. The summed E-state index contributed by atoms with van der Waals surface area (Å²) in [5, 5.41) is 3.80. The molecule has 1 N–H and O–H groups in total. The average Bonchev–Trinajstić information content (AvgIpc) is 2.98. The van der Waals surface area contributed by atoms with Gasteiger partial charge in [0.25, 0.3) is 0 Å². The maximum atomic E-state index is 3.80. The number of piperidine rings is 1. The Balaban J connectivity index is 1.42. The molecule has 1 aliphatic heterocycles. The summed E-state index contributed by atoms with van der Waals surface area (Å²) in [4.78, 5) is 0. The summed E-state index contributed by atoms with van der Waals surface area (Å²) in [6.45, 7) is 1.22. The van der Waals surface area contributed by atoms with Crippen LogP contribution >= 0.6 is 0 Å². The van der Waals surface area contributed by atoms with E-state index < -0.39 is 0 Å². The number of hydrogen-bond acceptors (Lipinski definition) is 1. The Hall–Kier alpha value is -1.08. The predicted octanol–water partition coefficient (Wildman–Crippen LogP) is 5.74. The first kappa shape index (κ1) is 16.4. The molecule has 0 spiro atoms. The summed E-state index contributed by atoms with van der Waals surface area (Å²) in [5.41, 5.74) is 4.67. The van der Waals surface area contributed by atoms with Crippen molar-refractivity contribution in [3.63, 3.8) is 0 Å². The van der Waals surface area contributed by atoms with Gasteiger partial charge in [-0.05, 0) is 60.8 Å². The minimum absolute atomic E-state index is 0.607. The number of aryl methyl sites for hydroxylation is 1. The van der Waals surface area contributed by atoms with Crippen molar-refractivity contribution >= 4 is 5.57 Å². The Morgan fingerprint density at radius 1 is 0.833 bits per heavy atom. The topological polar surface area (TPSA) is 12.0 Å². The van der Waals surface area contributed by atoms with E-state index in [4.69, 9.17) is 0 Å². The number of allylic oxidation sites excluding steroid dienone is 1. The second-order valence-corrected chi connectivity index (χ2v) is 8.30. The summed E-state index contributed by atoms with van der Waals surface area (Å²) in [7, 11) is 0. The van der Waals surface area contributed by atoms with Gasteiger partial charge in [-0.3, -0.25) is 0 Å². The van der Waals surface area contributed by atoms with Gasteiger partial charge in [0.15, 0.2) is 0 Å². The molecule has 2 fully saturated rings. The molecular weight excluding hydrogens is 290 g/mol. The molecule has 1 saturated carbocycles. The van der Waals surface area contributed by atoms with Crippen LogP contribution in [0.5, 0.6) is 0 Å². The van der Waals surface area contributed by atoms with Crippen molar-refractivity contribution in [1.82, 2.24) is 5.32 Å². The number of rotatable bonds is 2. The van der Waals surface area contributed by atoms with Crippen LogP contribution in [0, 0.1) is 11.8 Å². The van der Waals surface area contributed by atoms with Gasteiger partial charge in [-0.25, -0.2) is 0 Å². The second kappa shape index (κ2) is 7.87. The smallest absolute Gasteiger partial charge is 0.0258 e. The number of benzene rings is 1. The average molecular weight is 324 g/mol. The zero-order valence-electron chi connectivity index (χ0n) is 15.1. The lowest BCUT2D eigenvalue weighted by Gasteiger charge is -2.35. The molecule has 1 saturated heterocycles. The van der Waals surface area contributed by atoms with E-state index in [1.807, 2.05) is 0 Å². The molecule has 1 aromatic carbocycles. The summed E-state index contributed by atoms with van der Waals surface area (Å²) < 4.78 is 0. The van der Waals surface area contributed by atoms with E-state index in [1.165, 1.54) is 82.7 Å². The maximum Gasteiger partial charge on any atom is 0.0258 e. The summed E-state index contributed by atoms with van der Waals surface area (Å²) >= 11 is 0. The highest BCUT2D eigenvalue weighted by molar-refractivity contribution is 5.72. The Morgan fingerprint density at radius 2 is 1.62 bits per heavy atom. The Kier molecular flexibility index (Phi) is 5.37. The van der Waals surface area contributed by atoms with Gasteiger partial charge in [0.1, 0.15) is 0 Å². The zero-order valence-corrected chi connectivity index (χ0v) is 15.1. The Morgan fingerprint density at radius 3 is 2.50 bits per heavy atom. The molecule has 2 atom stereocenters. The molecule has 24 heavy (non-hydrogen) atoms. The van der Waals surface area contributed by atoms with Crippen LogP contribution in [0.2, 0.25) is 0 Å². The molecule has 1 aromatic rings. The molecule has 0 radical (unpaired) electrons. The third-order valence-corrected chi connectivity index (χ3v) is 6.72. The van der Waals surface area contributed by atoms with Crippen LogP contribution in [-0.4, -0.2) is 12.6 Å². The van der Waals surface area contributed by atoms with Crippen molar-refractivity contribution in [2.75, 3.05) is 6.54 Å². The fourth-order valence-electron chi connectivity index (χ4n) is 5.37. The summed E-state index contributed by atoms with van der Waals surface area (Å²) in [5.74, 6) is 1.96. The van der Waals surface area contributed by atoms with Crippen LogP contribution in [0.25, 0.3) is 5.57 Å². The van der Waals surface area contributed by atoms with Gasteiger partial charge in [0.05, 0.1) is 0 Å². The van der Waals surface area contributed by atoms with Crippen molar-refractivity contribution in [1.29, 1.82) is 0 Å². The molecule has 2 aliphatic carbocycles. The molecule has 130 valence electrons. The molecule has 1 nitrogen and oxygen atoms in total. The van der Waals surface area contributed by atoms with Crippen molar-refractivity contribution in [2.45, 2.75) is 76.7 Å². The predicted molar refractivity (Wildman–Crippen MR) is 103 cm³/mol. The molecule has 1 heterocycles. The highest BCUT2D eigenvalue weighted by atomic mass is 14.9. The monoisotopic (exact) mass is 323 g/mol. The first-order valence-electron chi connectivity index (χ1n) is 10.4. The zero-order chi connectivity index (χ0) is 16.2. The van der Waals surface area contributed by atoms with E-state index in [1.54, 1.807) is 11.1 Å². The van der Waals surface area contributed by atoms with Gasteiger partial charge in [-0.1, -0.05) is 75.3 Å². The van der Waals surface area contributed by atoms with E-state index in [-0.39, 0.29) is 0 Å². The molecule has 0 bridgehead atoms. The van der Waals surface area contributed by atoms with E-state index in [2.05, 4.69) is 35.7 Å². The van der Waals surface area contributed by atoms with Crippen LogP contribution in [0.3, 0.4) is 0 Å². The van der Waals surface area contributed by atoms with Crippen LogP contribution in [0.1, 0.15) is 75.3 Å². The van der Waals surface area contributed by atoms with Crippen molar-refractivity contribution in [3.8, 4) is 0 Å². The van der Waals surface area contributed by atoms with Gasteiger partial charge in [-0.15, -0.1) is 0 Å². The molecule has 0 aromatic heterocycles. The van der Waals surface area contributed by atoms with Gasteiger partial charge in [0.2, 0.25) is 0 Å². The standard InChI is InChI=1S/C23H33N/c1-2-4-8-18(9-5-3-1)20-14-15-24-22(16-20)17-21-13-12-19-10-6-7-11-23(19)21/h6-7,10-11,17-18,20,22,24H,1-5,8-9,12-16H2/b21-17-. The van der Waals surface area contributed by atoms with E-state index in [9.17, 15) is 0 Å². The number of nitrogens with one attached hydrogen (secondary N) is 1. The lowest BCUT2D eigenvalue weighted by Crippen LogP contribution is -2.39. The normalized spacial score (nSPS) is 30.8. The largest absolute Gasteiger partial charge is 0.310 e. The second-order valence-electron chi connectivity index (χ2n) is 8.30. The lowest BCUT2D eigenvalue weighted by molar-refractivity contribution is 0.200. The van der Waals surface area contributed by atoms with Crippen molar-refractivity contribution in [2.24, 2.45) is 11.8 Å². The first-order valence-corrected chi connectivity index (χ1v) is 10.4. The van der Waals surface area contributed by atoms with Gasteiger partial charge >= 0.3 is 0 Å². The molecule has 0 amide bonds.